The monoisotopic (exact) mass is 381 g/mol. The van der Waals surface area contributed by atoms with Gasteiger partial charge in [0.15, 0.2) is 0 Å². The number of carbonyl (C=O) groups is 1. The molecule has 0 saturated heterocycles. The molecular weight excluding hydrogens is 366 g/mol. The van der Waals surface area contributed by atoms with Crippen LogP contribution in [0.15, 0.2) is 63.4 Å². The molecule has 3 aromatic heterocycles. The Morgan fingerprint density at radius 3 is 2.78 bits per heavy atom. The number of nitrogens with one attached hydrogen (secondary N) is 1. The first-order valence-corrected chi connectivity index (χ1v) is 9.02. The van der Waals surface area contributed by atoms with Crippen molar-refractivity contribution in [2.75, 3.05) is 0 Å². The maximum absolute atomic E-state index is 12.2. The van der Waals surface area contributed by atoms with Gasteiger partial charge < -0.3 is 14.1 Å². The number of hydrogen-bond donors (Lipinski definition) is 1. The van der Waals surface area contributed by atoms with Gasteiger partial charge in [0, 0.05) is 11.9 Å². The molecule has 0 aliphatic carbocycles. The van der Waals surface area contributed by atoms with Crippen molar-refractivity contribution in [3.05, 3.63) is 81.7 Å². The molecule has 0 bridgehead atoms. The first-order valence-electron chi connectivity index (χ1n) is 8.15. The normalized spacial score (nSPS) is 10.9. The summed E-state index contributed by atoms with van der Waals surface area (Å²) in [6.45, 7) is 1.84. The highest BCUT2D eigenvalue weighted by atomic mass is 32.1. The number of hydrogen-bond acceptors (Lipinski definition) is 6. The van der Waals surface area contributed by atoms with Gasteiger partial charge in [0.2, 0.25) is 5.89 Å². The molecule has 0 unspecified atom stereocenters. The number of ether oxygens (including phenoxy) is 1. The Kier molecular flexibility index (Phi) is 4.47. The molecular formula is C19H15N3O4S. The van der Waals surface area contributed by atoms with E-state index in [1.807, 2.05) is 24.4 Å². The maximum Gasteiger partial charge on any atom is 0.338 e. The second kappa shape index (κ2) is 7.08. The molecule has 8 heteroatoms. The van der Waals surface area contributed by atoms with Crippen molar-refractivity contribution < 1.29 is 13.9 Å². The molecule has 1 N–H and O–H groups in total. The average Bonchev–Trinajstić information content (AvgIpc) is 3.41. The Morgan fingerprint density at radius 1 is 1.30 bits per heavy atom. The molecule has 0 saturated carbocycles. The number of aryl methyl sites for hydroxylation is 1. The summed E-state index contributed by atoms with van der Waals surface area (Å²) in [5.41, 5.74) is 2.16. The van der Waals surface area contributed by atoms with Crippen LogP contribution in [0.4, 0.5) is 0 Å². The molecule has 0 aliphatic rings. The fraction of sp³-hybridized carbons (Fsp3) is 0.105. The van der Waals surface area contributed by atoms with Crippen LogP contribution in [0.3, 0.4) is 0 Å². The summed E-state index contributed by atoms with van der Waals surface area (Å²) in [5, 5.41) is 1.94. The lowest BCUT2D eigenvalue weighted by atomic mass is 10.2. The van der Waals surface area contributed by atoms with E-state index in [1.54, 1.807) is 30.5 Å². The van der Waals surface area contributed by atoms with Crippen LogP contribution in [0.2, 0.25) is 0 Å². The molecule has 0 atom stereocenters. The molecule has 7 nitrogen and oxygen atoms in total. The number of imidazole rings is 1. The Morgan fingerprint density at radius 2 is 2.11 bits per heavy atom. The zero-order valence-corrected chi connectivity index (χ0v) is 15.2. The minimum atomic E-state index is -0.472. The molecule has 0 amide bonds. The highest BCUT2D eigenvalue weighted by Gasteiger charge is 2.12. The predicted octanol–water partition coefficient (Wildman–Crippen LogP) is 3.55. The number of H-pyrrole nitrogens is 1. The van der Waals surface area contributed by atoms with E-state index < -0.39 is 5.97 Å². The van der Waals surface area contributed by atoms with Crippen LogP contribution >= 0.6 is 11.3 Å². The molecule has 4 aromatic rings. The van der Waals surface area contributed by atoms with Gasteiger partial charge in [-0.15, -0.1) is 11.3 Å². The number of thiophene rings is 1. The van der Waals surface area contributed by atoms with Gasteiger partial charge in [0.05, 0.1) is 16.1 Å². The summed E-state index contributed by atoms with van der Waals surface area (Å²) < 4.78 is 12.2. The number of benzene rings is 1. The topological polar surface area (TPSA) is 90.1 Å². The number of esters is 1. The second-order valence-corrected chi connectivity index (χ2v) is 6.76. The lowest BCUT2D eigenvalue weighted by molar-refractivity contribution is 0.0468. The van der Waals surface area contributed by atoms with Gasteiger partial charge in [-0.25, -0.2) is 14.6 Å². The van der Waals surface area contributed by atoms with Gasteiger partial charge in [0.25, 0.3) is 0 Å². The third kappa shape index (κ3) is 3.47. The van der Waals surface area contributed by atoms with Gasteiger partial charge >= 0.3 is 11.7 Å². The summed E-state index contributed by atoms with van der Waals surface area (Å²) in [6, 6.07) is 10.5. The molecule has 3 heterocycles. The molecule has 136 valence electrons. The standard InChI is InChI=1S/C19H15N3O4S/c1-12-9-20-19(24)22(12)15-6-4-13(5-7-15)18(23)26-11-14-10-25-17(21-14)16-3-2-8-27-16/h2-10H,11H2,1H3,(H,20,24). The second-order valence-electron chi connectivity index (χ2n) is 5.81. The Balaban J connectivity index is 1.42. The van der Waals surface area contributed by atoms with Crippen molar-refractivity contribution >= 4 is 17.3 Å². The first-order chi connectivity index (χ1) is 13.1. The molecule has 27 heavy (non-hydrogen) atoms. The van der Waals surface area contributed by atoms with Crippen LogP contribution in [-0.4, -0.2) is 20.5 Å². The van der Waals surface area contributed by atoms with Crippen molar-refractivity contribution in [2.24, 2.45) is 0 Å². The summed E-state index contributed by atoms with van der Waals surface area (Å²) in [5.74, 6) is 0.0353. The number of aromatic nitrogens is 3. The van der Waals surface area contributed by atoms with Crippen LogP contribution in [0, 0.1) is 6.92 Å². The quantitative estimate of drug-likeness (QED) is 0.534. The summed E-state index contributed by atoms with van der Waals surface area (Å²) in [6.07, 6.45) is 3.11. The van der Waals surface area contributed by atoms with E-state index in [9.17, 15) is 9.59 Å². The molecule has 0 radical (unpaired) electrons. The maximum atomic E-state index is 12.2. The number of carbonyl (C=O) groups excluding carboxylic acids is 1. The number of nitrogens with zero attached hydrogens (tertiary/aromatic N) is 2. The minimum Gasteiger partial charge on any atom is -0.455 e. The van der Waals surface area contributed by atoms with Gasteiger partial charge in [0.1, 0.15) is 18.6 Å². The Bertz CT molecular complexity index is 1120. The third-order valence-electron chi connectivity index (χ3n) is 3.96. The van der Waals surface area contributed by atoms with Crippen molar-refractivity contribution in [3.8, 4) is 16.5 Å². The lowest BCUT2D eigenvalue weighted by Gasteiger charge is -2.06. The molecule has 0 aliphatic heterocycles. The van der Waals surface area contributed by atoms with E-state index >= 15 is 0 Å². The van der Waals surface area contributed by atoms with E-state index in [2.05, 4.69) is 9.97 Å². The third-order valence-corrected chi connectivity index (χ3v) is 4.81. The van der Waals surface area contributed by atoms with Crippen LogP contribution in [-0.2, 0) is 11.3 Å². The smallest absolute Gasteiger partial charge is 0.338 e. The molecule has 1 aromatic carbocycles. The zero-order valence-electron chi connectivity index (χ0n) is 14.3. The highest BCUT2D eigenvalue weighted by Crippen LogP contribution is 2.23. The number of rotatable bonds is 5. The first kappa shape index (κ1) is 17.0. The van der Waals surface area contributed by atoms with Crippen LogP contribution < -0.4 is 5.69 Å². The van der Waals surface area contributed by atoms with E-state index in [1.165, 1.54) is 22.2 Å². The van der Waals surface area contributed by atoms with Crippen molar-refractivity contribution in [2.45, 2.75) is 13.5 Å². The summed E-state index contributed by atoms with van der Waals surface area (Å²) in [7, 11) is 0. The van der Waals surface area contributed by atoms with Crippen molar-refractivity contribution in [1.29, 1.82) is 0 Å². The van der Waals surface area contributed by atoms with Gasteiger partial charge in [-0.1, -0.05) is 6.07 Å². The molecule has 0 fully saturated rings. The molecule has 0 spiro atoms. The summed E-state index contributed by atoms with van der Waals surface area (Å²) >= 11 is 1.52. The Labute approximate surface area is 157 Å². The zero-order chi connectivity index (χ0) is 18.8. The van der Waals surface area contributed by atoms with Crippen LogP contribution in [0.5, 0.6) is 0 Å². The number of aromatic amines is 1. The Hall–Kier alpha value is -3.39. The van der Waals surface area contributed by atoms with E-state index in [0.29, 0.717) is 22.8 Å². The largest absolute Gasteiger partial charge is 0.455 e. The van der Waals surface area contributed by atoms with Crippen LogP contribution in [0.25, 0.3) is 16.5 Å². The van der Waals surface area contributed by atoms with E-state index in [-0.39, 0.29) is 12.3 Å². The van der Waals surface area contributed by atoms with Crippen molar-refractivity contribution in [1.82, 2.24) is 14.5 Å². The highest BCUT2D eigenvalue weighted by molar-refractivity contribution is 7.13. The van der Waals surface area contributed by atoms with Gasteiger partial charge in [-0.2, -0.15) is 0 Å². The van der Waals surface area contributed by atoms with Gasteiger partial charge in [-0.3, -0.25) is 4.57 Å². The number of oxazole rings is 1. The average molecular weight is 381 g/mol. The fourth-order valence-corrected chi connectivity index (χ4v) is 3.29. The van der Waals surface area contributed by atoms with Crippen LogP contribution in [0.1, 0.15) is 21.7 Å². The van der Waals surface area contributed by atoms with E-state index in [4.69, 9.17) is 9.15 Å². The van der Waals surface area contributed by atoms with Crippen molar-refractivity contribution in [3.63, 3.8) is 0 Å². The lowest BCUT2D eigenvalue weighted by Crippen LogP contribution is -2.16. The predicted molar refractivity (Wildman–Crippen MR) is 100 cm³/mol. The molecule has 4 rings (SSSR count). The van der Waals surface area contributed by atoms with E-state index in [0.717, 1.165) is 10.6 Å². The SMILES string of the molecule is Cc1c[nH]c(=O)n1-c1ccc(C(=O)OCc2coc(-c3cccs3)n2)cc1. The minimum absolute atomic E-state index is 0.0197. The summed E-state index contributed by atoms with van der Waals surface area (Å²) in [4.78, 5) is 31.9. The van der Waals surface area contributed by atoms with Gasteiger partial charge in [-0.05, 0) is 42.6 Å². The fourth-order valence-electron chi connectivity index (χ4n) is 2.63.